The van der Waals surface area contributed by atoms with E-state index in [0.717, 1.165) is 32.1 Å². The molecule has 3 N–H and O–H groups in total. The van der Waals surface area contributed by atoms with Gasteiger partial charge in [0.05, 0.1) is 5.56 Å². The van der Waals surface area contributed by atoms with Crippen LogP contribution >= 0.6 is 11.6 Å². The number of carbonyl (C=O) groups is 2. The maximum absolute atomic E-state index is 11.8. The number of nitrogens with zero attached hydrogens (tertiary/aromatic N) is 1. The van der Waals surface area contributed by atoms with Crippen molar-refractivity contribution in [3.05, 3.63) is 22.8 Å². The minimum atomic E-state index is -0.466. The number of hydrogen-bond donors (Lipinski definition) is 3. The Morgan fingerprint density at radius 1 is 1.07 bits per heavy atom. The molecule has 1 aromatic rings. The smallest absolute Gasteiger partial charge is 0.407 e. The summed E-state index contributed by atoms with van der Waals surface area (Å²) in [5, 5.41) is 8.88. The summed E-state index contributed by atoms with van der Waals surface area (Å²) in [6, 6.07) is 3.26. The number of carbonyl (C=O) groups excluding carboxylic acids is 2. The predicted molar refractivity (Wildman–Crippen MR) is 108 cm³/mol. The molecule has 1 heterocycles. The fourth-order valence-electron chi connectivity index (χ4n) is 2.38. The van der Waals surface area contributed by atoms with E-state index >= 15 is 0 Å². The lowest BCUT2D eigenvalue weighted by atomic mass is 10.1. The van der Waals surface area contributed by atoms with Gasteiger partial charge in [0.2, 0.25) is 0 Å². The Kier molecular flexibility index (Phi) is 9.93. The first-order valence-corrected chi connectivity index (χ1v) is 9.70. The van der Waals surface area contributed by atoms with Gasteiger partial charge in [0.1, 0.15) is 16.6 Å². The number of rotatable bonds is 10. The van der Waals surface area contributed by atoms with Crippen molar-refractivity contribution in [1.82, 2.24) is 15.6 Å². The zero-order chi connectivity index (χ0) is 20.3. The highest BCUT2D eigenvalue weighted by molar-refractivity contribution is 6.29. The van der Waals surface area contributed by atoms with Gasteiger partial charge in [-0.05, 0) is 45.7 Å². The molecule has 0 aliphatic heterocycles. The fraction of sp³-hybridized carbons (Fsp3) is 0.632. The van der Waals surface area contributed by atoms with Gasteiger partial charge in [-0.2, -0.15) is 0 Å². The molecule has 0 aliphatic carbocycles. The summed E-state index contributed by atoms with van der Waals surface area (Å²) in [7, 11) is 1.58. The Hall–Kier alpha value is -2.02. The number of nitrogens with one attached hydrogen (secondary N) is 3. The Labute approximate surface area is 166 Å². The van der Waals surface area contributed by atoms with Gasteiger partial charge in [-0.1, -0.05) is 30.9 Å². The molecule has 1 aromatic heterocycles. The van der Waals surface area contributed by atoms with Gasteiger partial charge in [0.25, 0.3) is 5.91 Å². The lowest BCUT2D eigenvalue weighted by Crippen LogP contribution is -2.32. The van der Waals surface area contributed by atoms with Crippen molar-refractivity contribution < 1.29 is 14.3 Å². The average molecular weight is 399 g/mol. The number of amides is 2. The highest BCUT2D eigenvalue weighted by atomic mass is 35.5. The van der Waals surface area contributed by atoms with Crippen LogP contribution in [0.15, 0.2) is 12.1 Å². The molecule has 0 aromatic carbocycles. The quantitative estimate of drug-likeness (QED) is 0.409. The largest absolute Gasteiger partial charge is 0.444 e. The molecule has 0 saturated heterocycles. The van der Waals surface area contributed by atoms with Crippen LogP contribution in [0.1, 0.15) is 63.2 Å². The summed E-state index contributed by atoms with van der Waals surface area (Å²) in [6.07, 6.45) is 4.67. The molecule has 0 fully saturated rings. The van der Waals surface area contributed by atoms with Gasteiger partial charge in [-0.15, -0.1) is 0 Å². The van der Waals surface area contributed by atoms with Crippen LogP contribution in [-0.4, -0.2) is 42.7 Å². The molecule has 0 unspecified atom stereocenters. The first kappa shape index (κ1) is 23.0. The summed E-state index contributed by atoms with van der Waals surface area (Å²) in [5.74, 6) is 0.308. The highest BCUT2D eigenvalue weighted by Crippen LogP contribution is 2.17. The number of unbranched alkanes of at least 4 members (excludes halogenated alkanes) is 4. The zero-order valence-corrected chi connectivity index (χ0v) is 17.4. The van der Waals surface area contributed by atoms with E-state index in [1.165, 1.54) is 0 Å². The van der Waals surface area contributed by atoms with Gasteiger partial charge in [-0.25, -0.2) is 9.78 Å². The number of aromatic nitrogens is 1. The topological polar surface area (TPSA) is 92.4 Å². The SMILES string of the molecule is CNC(=O)c1ccc(Cl)nc1NCCCCCCCNC(=O)OC(C)(C)C. The van der Waals surface area contributed by atoms with Crippen LogP contribution < -0.4 is 16.0 Å². The van der Waals surface area contributed by atoms with E-state index in [1.54, 1.807) is 19.2 Å². The zero-order valence-electron chi connectivity index (χ0n) is 16.7. The monoisotopic (exact) mass is 398 g/mol. The van der Waals surface area contributed by atoms with Gasteiger partial charge in [-0.3, -0.25) is 4.79 Å². The standard InChI is InChI=1S/C19H31ClN4O3/c1-19(2,3)27-18(26)23-13-9-7-5-6-8-12-22-16-14(17(25)21-4)10-11-15(20)24-16/h10-11H,5-9,12-13H2,1-4H3,(H,21,25)(H,22,24)(H,23,26). The molecule has 0 spiro atoms. The lowest BCUT2D eigenvalue weighted by Gasteiger charge is -2.19. The maximum Gasteiger partial charge on any atom is 0.407 e. The normalized spacial score (nSPS) is 11.0. The summed E-state index contributed by atoms with van der Waals surface area (Å²) in [5.41, 5.74) is 0.0159. The van der Waals surface area contributed by atoms with Crippen LogP contribution in [0.3, 0.4) is 0 Å². The summed E-state index contributed by atoms with van der Waals surface area (Å²) < 4.78 is 5.18. The molecule has 0 saturated carbocycles. The molecule has 2 amide bonds. The average Bonchev–Trinajstić information content (AvgIpc) is 2.58. The number of hydrogen-bond acceptors (Lipinski definition) is 5. The van der Waals surface area contributed by atoms with Crippen molar-refractivity contribution in [3.8, 4) is 0 Å². The lowest BCUT2D eigenvalue weighted by molar-refractivity contribution is 0.0526. The molecule has 1 rings (SSSR count). The Morgan fingerprint density at radius 3 is 2.33 bits per heavy atom. The number of pyridine rings is 1. The fourth-order valence-corrected chi connectivity index (χ4v) is 2.53. The van der Waals surface area contributed by atoms with E-state index < -0.39 is 5.60 Å². The summed E-state index contributed by atoms with van der Waals surface area (Å²) >= 11 is 5.91. The third-order valence-electron chi connectivity index (χ3n) is 3.65. The Balaban J connectivity index is 2.15. The van der Waals surface area contributed by atoms with Crippen molar-refractivity contribution in [1.29, 1.82) is 0 Å². The first-order chi connectivity index (χ1) is 12.7. The second-order valence-electron chi connectivity index (χ2n) is 7.23. The van der Waals surface area contributed by atoms with Crippen molar-refractivity contribution in [2.24, 2.45) is 0 Å². The Bertz CT molecular complexity index is 617. The molecule has 8 heteroatoms. The van der Waals surface area contributed by atoms with Crippen LogP contribution in [0, 0.1) is 0 Å². The first-order valence-electron chi connectivity index (χ1n) is 9.32. The van der Waals surface area contributed by atoms with E-state index in [-0.39, 0.29) is 12.0 Å². The summed E-state index contributed by atoms with van der Waals surface area (Å²) in [6.45, 7) is 6.87. The molecular weight excluding hydrogens is 368 g/mol. The molecule has 0 radical (unpaired) electrons. The van der Waals surface area contributed by atoms with Crippen LogP contribution in [0.2, 0.25) is 5.15 Å². The predicted octanol–water partition coefficient (Wildman–Crippen LogP) is 3.98. The number of halogens is 1. The number of anilines is 1. The second kappa shape index (κ2) is 11.6. The van der Waals surface area contributed by atoms with Crippen LogP contribution in [-0.2, 0) is 4.74 Å². The van der Waals surface area contributed by atoms with E-state index in [9.17, 15) is 9.59 Å². The molecule has 0 aliphatic rings. The third kappa shape index (κ3) is 10.0. The molecule has 7 nitrogen and oxygen atoms in total. The second-order valence-corrected chi connectivity index (χ2v) is 7.62. The van der Waals surface area contributed by atoms with E-state index in [2.05, 4.69) is 20.9 Å². The molecule has 27 heavy (non-hydrogen) atoms. The highest BCUT2D eigenvalue weighted by Gasteiger charge is 2.15. The van der Waals surface area contributed by atoms with Gasteiger partial charge in [0, 0.05) is 20.1 Å². The van der Waals surface area contributed by atoms with Crippen LogP contribution in [0.5, 0.6) is 0 Å². The molecular formula is C19H31ClN4O3. The van der Waals surface area contributed by atoms with Gasteiger partial charge < -0.3 is 20.7 Å². The van der Waals surface area contributed by atoms with E-state index in [0.29, 0.717) is 29.6 Å². The van der Waals surface area contributed by atoms with Crippen LogP contribution in [0.25, 0.3) is 0 Å². The maximum atomic E-state index is 11.8. The number of alkyl carbamates (subject to hydrolysis) is 1. The Morgan fingerprint density at radius 2 is 1.70 bits per heavy atom. The van der Waals surface area contributed by atoms with Crippen LogP contribution in [0.4, 0.5) is 10.6 Å². The molecule has 0 bridgehead atoms. The van der Waals surface area contributed by atoms with Crippen molar-refractivity contribution in [2.45, 2.75) is 58.5 Å². The summed E-state index contributed by atoms with van der Waals surface area (Å²) in [4.78, 5) is 27.5. The molecule has 152 valence electrons. The van der Waals surface area contributed by atoms with Gasteiger partial charge in [0.15, 0.2) is 0 Å². The minimum Gasteiger partial charge on any atom is -0.444 e. The van der Waals surface area contributed by atoms with Gasteiger partial charge >= 0.3 is 6.09 Å². The van der Waals surface area contributed by atoms with E-state index in [1.807, 2.05) is 20.8 Å². The van der Waals surface area contributed by atoms with Crippen molar-refractivity contribution in [2.75, 3.05) is 25.5 Å². The van der Waals surface area contributed by atoms with E-state index in [4.69, 9.17) is 16.3 Å². The number of ether oxygens (including phenoxy) is 1. The van der Waals surface area contributed by atoms with Crippen molar-refractivity contribution in [3.63, 3.8) is 0 Å². The minimum absolute atomic E-state index is 0.195. The molecule has 0 atom stereocenters. The van der Waals surface area contributed by atoms with Crippen molar-refractivity contribution >= 4 is 29.4 Å². The third-order valence-corrected chi connectivity index (χ3v) is 3.86.